The highest BCUT2D eigenvalue weighted by Gasteiger charge is 2.31. The monoisotopic (exact) mass is 276 g/mol. The highest BCUT2D eigenvalue weighted by molar-refractivity contribution is 6.04. The maximum atomic E-state index is 11.9. The Balaban J connectivity index is 1.94. The van der Waals surface area contributed by atoms with Crippen molar-refractivity contribution in [2.24, 2.45) is 5.16 Å². The van der Waals surface area contributed by atoms with Gasteiger partial charge in [-0.15, -0.1) is 0 Å². The zero-order valence-electron chi connectivity index (χ0n) is 11.1. The molecule has 2 atom stereocenters. The molecule has 2 rings (SSSR count). The Bertz CT molecular complexity index is 527. The number of carbonyl (C=O) groups is 2. The molecule has 20 heavy (non-hydrogen) atoms. The van der Waals surface area contributed by atoms with E-state index in [1.807, 2.05) is 30.3 Å². The number of carboxylic acids is 1. The van der Waals surface area contributed by atoms with Crippen LogP contribution >= 0.6 is 0 Å². The fraction of sp³-hybridized carbons (Fsp3) is 0.357. The molecule has 1 aromatic carbocycles. The smallest absolute Gasteiger partial charge is 0.326 e. The summed E-state index contributed by atoms with van der Waals surface area (Å²) < 4.78 is 0. The minimum absolute atomic E-state index is 0.320. The predicted octanol–water partition coefficient (Wildman–Crippen LogP) is 1.16. The Labute approximate surface area is 116 Å². The molecule has 0 saturated heterocycles. The molecule has 0 aliphatic carbocycles. The van der Waals surface area contributed by atoms with Crippen molar-refractivity contribution in [1.29, 1.82) is 0 Å². The highest BCUT2D eigenvalue weighted by atomic mass is 16.6. The standard InChI is InChI=1S/C14H16N2O4/c1-2-10(14(18)19)15-13(17)12-8-11(16-20-12)9-6-4-3-5-7-9/h3-7,10,12H,2,8H2,1H3,(H,15,17)(H,18,19)/t10-,12?/m1/s1. The van der Waals surface area contributed by atoms with Crippen molar-refractivity contribution in [2.75, 3.05) is 0 Å². The molecule has 1 heterocycles. The lowest BCUT2D eigenvalue weighted by Crippen LogP contribution is -2.45. The third kappa shape index (κ3) is 3.14. The van der Waals surface area contributed by atoms with Gasteiger partial charge in [0, 0.05) is 6.42 Å². The maximum Gasteiger partial charge on any atom is 0.326 e. The number of carbonyl (C=O) groups excluding carboxylic acids is 1. The fourth-order valence-electron chi connectivity index (χ4n) is 1.92. The fourth-order valence-corrected chi connectivity index (χ4v) is 1.92. The number of nitrogens with zero attached hydrogens (tertiary/aromatic N) is 1. The van der Waals surface area contributed by atoms with Gasteiger partial charge in [-0.3, -0.25) is 4.79 Å². The molecular formula is C14H16N2O4. The van der Waals surface area contributed by atoms with Gasteiger partial charge in [-0.2, -0.15) is 0 Å². The van der Waals surface area contributed by atoms with Gasteiger partial charge in [0.25, 0.3) is 5.91 Å². The predicted molar refractivity (Wildman–Crippen MR) is 72.3 cm³/mol. The first kappa shape index (κ1) is 14.0. The first-order valence-corrected chi connectivity index (χ1v) is 6.43. The van der Waals surface area contributed by atoms with Crippen LogP contribution in [0.3, 0.4) is 0 Å². The van der Waals surface area contributed by atoms with Crippen LogP contribution in [0, 0.1) is 0 Å². The largest absolute Gasteiger partial charge is 0.480 e. The molecule has 6 heteroatoms. The Morgan fingerprint density at radius 1 is 1.45 bits per heavy atom. The van der Waals surface area contributed by atoms with Gasteiger partial charge in [-0.25, -0.2) is 4.79 Å². The molecule has 1 unspecified atom stereocenters. The van der Waals surface area contributed by atoms with Gasteiger partial charge in [0.15, 0.2) is 0 Å². The second-order valence-corrected chi connectivity index (χ2v) is 4.51. The van der Waals surface area contributed by atoms with Crippen molar-refractivity contribution in [3.05, 3.63) is 35.9 Å². The van der Waals surface area contributed by atoms with E-state index in [-0.39, 0.29) is 0 Å². The van der Waals surface area contributed by atoms with E-state index in [1.165, 1.54) is 0 Å². The van der Waals surface area contributed by atoms with E-state index >= 15 is 0 Å². The maximum absolute atomic E-state index is 11.9. The lowest BCUT2D eigenvalue weighted by atomic mass is 10.0. The van der Waals surface area contributed by atoms with Gasteiger partial charge in [-0.1, -0.05) is 42.4 Å². The number of oxime groups is 1. The van der Waals surface area contributed by atoms with Gasteiger partial charge >= 0.3 is 5.97 Å². The van der Waals surface area contributed by atoms with Gasteiger partial charge < -0.3 is 15.3 Å². The Morgan fingerprint density at radius 2 is 2.15 bits per heavy atom. The summed E-state index contributed by atoms with van der Waals surface area (Å²) >= 11 is 0. The second-order valence-electron chi connectivity index (χ2n) is 4.51. The number of hydrogen-bond donors (Lipinski definition) is 2. The molecule has 0 bridgehead atoms. The average molecular weight is 276 g/mol. The number of hydrogen-bond acceptors (Lipinski definition) is 4. The van der Waals surface area contributed by atoms with E-state index < -0.39 is 24.0 Å². The van der Waals surface area contributed by atoms with Crippen LogP contribution in [0.2, 0.25) is 0 Å². The van der Waals surface area contributed by atoms with Crippen molar-refractivity contribution in [3.8, 4) is 0 Å². The van der Waals surface area contributed by atoms with Crippen LogP contribution in [-0.4, -0.2) is 34.8 Å². The summed E-state index contributed by atoms with van der Waals surface area (Å²) in [5, 5.41) is 15.2. The number of amides is 1. The summed E-state index contributed by atoms with van der Waals surface area (Å²) in [6, 6.07) is 8.52. The van der Waals surface area contributed by atoms with E-state index in [0.717, 1.165) is 5.56 Å². The third-order valence-electron chi connectivity index (χ3n) is 3.09. The van der Waals surface area contributed by atoms with Gasteiger partial charge in [-0.05, 0) is 12.0 Å². The molecular weight excluding hydrogens is 260 g/mol. The van der Waals surface area contributed by atoms with Crippen molar-refractivity contribution in [1.82, 2.24) is 5.32 Å². The van der Waals surface area contributed by atoms with E-state index in [0.29, 0.717) is 18.6 Å². The number of aliphatic carboxylic acids is 1. The van der Waals surface area contributed by atoms with Crippen molar-refractivity contribution in [2.45, 2.75) is 31.9 Å². The topological polar surface area (TPSA) is 88.0 Å². The Hall–Kier alpha value is -2.37. The molecule has 0 saturated carbocycles. The summed E-state index contributed by atoms with van der Waals surface area (Å²) in [7, 11) is 0. The quantitative estimate of drug-likeness (QED) is 0.844. The lowest BCUT2D eigenvalue weighted by Gasteiger charge is -2.14. The summed E-state index contributed by atoms with van der Waals surface area (Å²) in [6.45, 7) is 1.69. The number of rotatable bonds is 5. The molecule has 106 valence electrons. The van der Waals surface area contributed by atoms with Crippen LogP contribution in [0.5, 0.6) is 0 Å². The molecule has 1 aliphatic heterocycles. The normalized spacial score (nSPS) is 18.9. The van der Waals surface area contributed by atoms with E-state index in [2.05, 4.69) is 10.5 Å². The van der Waals surface area contributed by atoms with Gasteiger partial charge in [0.05, 0.1) is 5.71 Å². The van der Waals surface area contributed by atoms with Gasteiger partial charge in [0.2, 0.25) is 6.10 Å². The summed E-state index contributed by atoms with van der Waals surface area (Å²) in [5.74, 6) is -1.50. The molecule has 1 amide bonds. The molecule has 0 spiro atoms. The van der Waals surface area contributed by atoms with Crippen molar-refractivity contribution >= 4 is 17.6 Å². The SMILES string of the molecule is CC[C@@H](NC(=O)C1CC(c2ccccc2)=NO1)C(=O)O. The minimum atomic E-state index is -1.05. The van der Waals surface area contributed by atoms with Crippen LogP contribution in [0.1, 0.15) is 25.3 Å². The van der Waals surface area contributed by atoms with E-state index in [4.69, 9.17) is 9.94 Å². The molecule has 0 radical (unpaired) electrons. The highest BCUT2D eigenvalue weighted by Crippen LogP contribution is 2.16. The molecule has 0 fully saturated rings. The Kier molecular flexibility index (Phi) is 4.34. The third-order valence-corrected chi connectivity index (χ3v) is 3.09. The van der Waals surface area contributed by atoms with Crippen LogP contribution in [0.15, 0.2) is 35.5 Å². The first-order chi connectivity index (χ1) is 9.61. The van der Waals surface area contributed by atoms with Crippen LogP contribution in [-0.2, 0) is 14.4 Å². The second kappa shape index (κ2) is 6.18. The summed E-state index contributed by atoms with van der Waals surface area (Å²) in [6.07, 6.45) is -0.106. The number of benzene rings is 1. The lowest BCUT2D eigenvalue weighted by molar-refractivity contribution is -0.144. The zero-order valence-corrected chi connectivity index (χ0v) is 11.1. The van der Waals surface area contributed by atoms with Crippen LogP contribution < -0.4 is 5.32 Å². The molecule has 0 aromatic heterocycles. The molecule has 1 aliphatic rings. The van der Waals surface area contributed by atoms with Gasteiger partial charge in [0.1, 0.15) is 6.04 Å². The summed E-state index contributed by atoms with van der Waals surface area (Å²) in [5.41, 5.74) is 1.59. The van der Waals surface area contributed by atoms with Crippen molar-refractivity contribution < 1.29 is 19.5 Å². The van der Waals surface area contributed by atoms with E-state index in [9.17, 15) is 9.59 Å². The zero-order chi connectivity index (χ0) is 14.5. The first-order valence-electron chi connectivity index (χ1n) is 6.43. The van der Waals surface area contributed by atoms with Crippen molar-refractivity contribution in [3.63, 3.8) is 0 Å². The minimum Gasteiger partial charge on any atom is -0.480 e. The van der Waals surface area contributed by atoms with Crippen LogP contribution in [0.25, 0.3) is 0 Å². The summed E-state index contributed by atoms with van der Waals surface area (Å²) in [4.78, 5) is 27.9. The Morgan fingerprint density at radius 3 is 2.75 bits per heavy atom. The van der Waals surface area contributed by atoms with E-state index in [1.54, 1.807) is 6.92 Å². The van der Waals surface area contributed by atoms with Crippen LogP contribution in [0.4, 0.5) is 0 Å². The number of carboxylic acid groups (broad SMARTS) is 1. The molecule has 6 nitrogen and oxygen atoms in total. The average Bonchev–Trinajstić information content (AvgIpc) is 2.95. The molecule has 2 N–H and O–H groups in total. The number of nitrogens with one attached hydrogen (secondary N) is 1. The molecule has 1 aromatic rings.